The van der Waals surface area contributed by atoms with Gasteiger partial charge in [-0.3, -0.25) is 0 Å². The molecule has 0 aliphatic heterocycles. The zero-order valence-electron chi connectivity index (χ0n) is 34.0. The van der Waals surface area contributed by atoms with Crippen LogP contribution >= 0.6 is 0 Å². The summed E-state index contributed by atoms with van der Waals surface area (Å²) in [4.78, 5) is 4.91. The Morgan fingerprint density at radius 2 is 0.565 bits per heavy atom. The highest BCUT2D eigenvalue weighted by Crippen LogP contribution is 2.52. The Morgan fingerprint density at radius 3 is 0.968 bits per heavy atom. The van der Waals surface area contributed by atoms with Crippen LogP contribution in [0.5, 0.6) is 0 Å². The summed E-state index contributed by atoms with van der Waals surface area (Å²) < 4.78 is 0. The fourth-order valence-electron chi connectivity index (χ4n) is 9.68. The zero-order chi connectivity index (χ0) is 41.0. The predicted octanol–water partition coefficient (Wildman–Crippen LogP) is 17.2. The highest BCUT2D eigenvalue weighted by molar-refractivity contribution is 6.32. The quantitative estimate of drug-likeness (QED) is 0.142. The number of hydrogen-bond donors (Lipinski definition) is 0. The molecule has 12 aromatic rings. The van der Waals surface area contributed by atoms with Crippen LogP contribution in [0.25, 0.3) is 76.1 Å². The monoisotopic (exact) mass is 788 g/mol. The van der Waals surface area contributed by atoms with E-state index >= 15 is 0 Å². The molecule has 290 valence electrons. The van der Waals surface area contributed by atoms with Crippen molar-refractivity contribution in [3.8, 4) is 22.3 Å². The molecule has 0 unspecified atom stereocenters. The lowest BCUT2D eigenvalue weighted by atomic mass is 9.85. The number of para-hydroxylation sites is 2. The fourth-order valence-corrected chi connectivity index (χ4v) is 9.68. The molecule has 0 fully saturated rings. The number of hydrogen-bond acceptors (Lipinski definition) is 2. The largest absolute Gasteiger partial charge is 0.310 e. The summed E-state index contributed by atoms with van der Waals surface area (Å²) in [5, 5.41) is 12.2. The van der Waals surface area contributed by atoms with Gasteiger partial charge in [0.25, 0.3) is 0 Å². The van der Waals surface area contributed by atoms with Gasteiger partial charge < -0.3 is 9.80 Å². The zero-order valence-corrected chi connectivity index (χ0v) is 34.0. The molecule has 2 heteroatoms. The molecular formula is C60H40N2. The second-order valence-electron chi connectivity index (χ2n) is 16.1. The van der Waals surface area contributed by atoms with Gasteiger partial charge in [-0.2, -0.15) is 0 Å². The summed E-state index contributed by atoms with van der Waals surface area (Å²) in [5.41, 5.74) is 11.5. The van der Waals surface area contributed by atoms with Crippen molar-refractivity contribution in [2.75, 3.05) is 9.80 Å². The van der Waals surface area contributed by atoms with E-state index in [9.17, 15) is 0 Å². The third-order valence-electron chi connectivity index (χ3n) is 12.5. The molecular weight excluding hydrogens is 749 g/mol. The molecule has 0 radical (unpaired) electrons. The number of rotatable bonds is 8. The van der Waals surface area contributed by atoms with Crippen molar-refractivity contribution in [3.05, 3.63) is 243 Å². The Kier molecular flexibility index (Phi) is 8.53. The van der Waals surface area contributed by atoms with Crippen molar-refractivity contribution in [1.29, 1.82) is 0 Å². The third kappa shape index (κ3) is 5.96. The van der Waals surface area contributed by atoms with Gasteiger partial charge in [0, 0.05) is 44.3 Å². The van der Waals surface area contributed by atoms with Crippen molar-refractivity contribution in [2.24, 2.45) is 0 Å². The average molecular weight is 789 g/mol. The van der Waals surface area contributed by atoms with Crippen LogP contribution < -0.4 is 9.80 Å². The molecule has 0 saturated heterocycles. The van der Waals surface area contributed by atoms with Crippen LogP contribution in [0.1, 0.15) is 0 Å². The maximum atomic E-state index is 2.45. The van der Waals surface area contributed by atoms with Gasteiger partial charge in [-0.25, -0.2) is 0 Å². The Balaban J connectivity index is 1.23. The predicted molar refractivity (Wildman–Crippen MR) is 265 cm³/mol. The Morgan fingerprint density at radius 1 is 0.226 bits per heavy atom. The lowest BCUT2D eigenvalue weighted by Crippen LogP contribution is -2.12. The van der Waals surface area contributed by atoms with Gasteiger partial charge in [0.15, 0.2) is 0 Å². The summed E-state index contributed by atoms with van der Waals surface area (Å²) in [6.45, 7) is 0. The molecule has 12 aromatic carbocycles. The van der Waals surface area contributed by atoms with Crippen LogP contribution in [0.2, 0.25) is 0 Å². The second-order valence-corrected chi connectivity index (χ2v) is 16.1. The van der Waals surface area contributed by atoms with Crippen LogP contribution in [0, 0.1) is 0 Å². The van der Waals surface area contributed by atoms with E-state index in [0.29, 0.717) is 0 Å². The molecule has 0 aromatic heterocycles. The molecule has 0 bridgehead atoms. The average Bonchev–Trinajstić information content (AvgIpc) is 3.35. The number of benzene rings is 12. The maximum absolute atomic E-state index is 2.45. The summed E-state index contributed by atoms with van der Waals surface area (Å²) in [6.07, 6.45) is 0. The lowest BCUT2D eigenvalue weighted by molar-refractivity contribution is 1.30. The first-order valence-corrected chi connectivity index (χ1v) is 21.3. The normalized spacial score (nSPS) is 11.5. The first kappa shape index (κ1) is 35.7. The maximum Gasteiger partial charge on any atom is 0.0546 e. The van der Waals surface area contributed by atoms with Gasteiger partial charge in [0.05, 0.1) is 11.4 Å². The summed E-state index contributed by atoms with van der Waals surface area (Å²) in [5.74, 6) is 0. The molecule has 12 rings (SSSR count). The van der Waals surface area contributed by atoms with Crippen LogP contribution in [-0.2, 0) is 0 Å². The van der Waals surface area contributed by atoms with E-state index < -0.39 is 0 Å². The van der Waals surface area contributed by atoms with Crippen molar-refractivity contribution in [2.45, 2.75) is 0 Å². The first-order valence-electron chi connectivity index (χ1n) is 21.3. The minimum absolute atomic E-state index is 1.11. The molecule has 0 spiro atoms. The first-order chi connectivity index (χ1) is 30.8. The van der Waals surface area contributed by atoms with E-state index in [-0.39, 0.29) is 0 Å². The van der Waals surface area contributed by atoms with Crippen LogP contribution in [0.4, 0.5) is 34.1 Å². The molecule has 0 aliphatic carbocycles. The lowest BCUT2D eigenvalue weighted by Gasteiger charge is -2.31. The van der Waals surface area contributed by atoms with Gasteiger partial charge in [0.2, 0.25) is 0 Å². The number of fused-ring (bicyclic) bond motifs is 2. The van der Waals surface area contributed by atoms with E-state index in [1.807, 2.05) is 0 Å². The SMILES string of the molecule is c1ccc(-c2cc(N(c3ccccc3)c3ccc4ccccc4c3)c3ccc4c(-c5ccccc5)cc(N(c5ccccc5)c5ccc6ccccc6c5)c5ccc2c3c45)cc1. The molecule has 0 N–H and O–H groups in total. The number of nitrogens with zero attached hydrogens (tertiary/aromatic N) is 2. The van der Waals surface area contributed by atoms with Crippen LogP contribution in [-0.4, -0.2) is 0 Å². The topological polar surface area (TPSA) is 6.48 Å². The van der Waals surface area contributed by atoms with Gasteiger partial charge in [-0.05, 0) is 115 Å². The van der Waals surface area contributed by atoms with Crippen LogP contribution in [0.3, 0.4) is 0 Å². The second kappa shape index (κ2) is 14.8. The third-order valence-corrected chi connectivity index (χ3v) is 12.5. The molecule has 62 heavy (non-hydrogen) atoms. The van der Waals surface area contributed by atoms with E-state index in [0.717, 1.165) is 34.1 Å². The smallest absolute Gasteiger partial charge is 0.0546 e. The minimum Gasteiger partial charge on any atom is -0.310 e. The van der Waals surface area contributed by atoms with Gasteiger partial charge >= 0.3 is 0 Å². The Bertz CT molecular complexity index is 3320. The van der Waals surface area contributed by atoms with E-state index in [4.69, 9.17) is 0 Å². The molecule has 0 saturated carbocycles. The van der Waals surface area contributed by atoms with E-state index in [2.05, 4.69) is 252 Å². The van der Waals surface area contributed by atoms with Crippen molar-refractivity contribution >= 4 is 88.0 Å². The molecule has 0 amide bonds. The van der Waals surface area contributed by atoms with E-state index in [1.165, 1.54) is 76.1 Å². The molecule has 0 atom stereocenters. The molecule has 0 aliphatic rings. The van der Waals surface area contributed by atoms with Crippen molar-refractivity contribution in [3.63, 3.8) is 0 Å². The fraction of sp³-hybridized carbons (Fsp3) is 0. The Hall–Kier alpha value is -8.20. The minimum atomic E-state index is 1.11. The number of anilines is 6. The standard InChI is InChI=1S/C60H40N2/c1-5-19-43(20-6-1)55-39-57(61(47-25-9-3-10-26-47)49-31-29-41-17-13-15-23-45(41)37-49)53-36-34-52-56(44-21-7-2-8-22-44)40-58(54-35-33-51(55)59(53)60(52)54)62(48-27-11-4-12-28-48)50-32-30-42-18-14-16-24-46(42)38-50/h1-40H. The van der Waals surface area contributed by atoms with Crippen molar-refractivity contribution in [1.82, 2.24) is 0 Å². The Labute approximate surface area is 361 Å². The molecule has 0 heterocycles. The summed E-state index contributed by atoms with van der Waals surface area (Å²) in [7, 11) is 0. The highest BCUT2D eigenvalue weighted by Gasteiger charge is 2.26. The highest BCUT2D eigenvalue weighted by atomic mass is 15.1. The van der Waals surface area contributed by atoms with Gasteiger partial charge in [-0.1, -0.05) is 182 Å². The summed E-state index contributed by atoms with van der Waals surface area (Å²) in [6, 6.07) is 88.7. The van der Waals surface area contributed by atoms with Crippen molar-refractivity contribution < 1.29 is 0 Å². The summed E-state index contributed by atoms with van der Waals surface area (Å²) >= 11 is 0. The molecule has 2 nitrogen and oxygen atoms in total. The van der Waals surface area contributed by atoms with E-state index in [1.54, 1.807) is 0 Å². The van der Waals surface area contributed by atoms with Crippen LogP contribution in [0.15, 0.2) is 243 Å². The van der Waals surface area contributed by atoms with Gasteiger partial charge in [0.1, 0.15) is 0 Å². The van der Waals surface area contributed by atoms with Gasteiger partial charge in [-0.15, -0.1) is 0 Å².